The van der Waals surface area contributed by atoms with Crippen LogP contribution in [0.15, 0.2) is 17.0 Å². The van der Waals surface area contributed by atoms with Gasteiger partial charge in [-0.05, 0) is 31.7 Å². The van der Waals surface area contributed by atoms with Gasteiger partial charge in [0.15, 0.2) is 0 Å². The van der Waals surface area contributed by atoms with E-state index in [1.54, 1.807) is 39.2 Å². The highest BCUT2D eigenvalue weighted by Crippen LogP contribution is 2.40. The first-order chi connectivity index (χ1) is 10.9. The average molecular weight is 337 g/mol. The molecule has 0 bridgehead atoms. The third kappa shape index (κ3) is 3.29. The molecule has 0 unspecified atom stereocenters. The second-order valence-electron chi connectivity index (χ2n) is 5.09. The largest absolute Gasteiger partial charge is 0.496 e. The lowest BCUT2D eigenvalue weighted by atomic mass is 10.1. The molecule has 0 saturated carbocycles. The summed E-state index contributed by atoms with van der Waals surface area (Å²) in [6.07, 6.45) is 1.62. The third-order valence-electron chi connectivity index (χ3n) is 3.37. The zero-order valence-corrected chi connectivity index (χ0v) is 14.5. The van der Waals surface area contributed by atoms with Crippen molar-refractivity contribution in [3.8, 4) is 17.2 Å². The quantitative estimate of drug-likeness (QED) is 0.769. The summed E-state index contributed by atoms with van der Waals surface area (Å²) in [4.78, 5) is 25.9. The molecule has 1 saturated heterocycles. The van der Waals surface area contributed by atoms with Crippen molar-refractivity contribution in [2.75, 3.05) is 21.3 Å². The topological polar surface area (TPSA) is 65.1 Å². The minimum Gasteiger partial charge on any atom is -0.496 e. The molecule has 0 aliphatic carbocycles. The van der Waals surface area contributed by atoms with Crippen LogP contribution in [0.1, 0.15) is 19.4 Å². The van der Waals surface area contributed by atoms with E-state index in [1.165, 1.54) is 19.1 Å². The normalized spacial score (nSPS) is 16.4. The summed E-state index contributed by atoms with van der Waals surface area (Å²) < 4.78 is 15.9. The van der Waals surface area contributed by atoms with E-state index in [9.17, 15) is 9.59 Å². The van der Waals surface area contributed by atoms with Gasteiger partial charge in [-0.15, -0.1) is 0 Å². The fourth-order valence-corrected chi connectivity index (χ4v) is 3.17. The average Bonchev–Trinajstić information content (AvgIpc) is 2.81. The molecule has 1 fully saturated rings. The monoisotopic (exact) mass is 337 g/mol. The van der Waals surface area contributed by atoms with Gasteiger partial charge in [0.25, 0.3) is 11.1 Å². The summed E-state index contributed by atoms with van der Waals surface area (Å²) in [5.74, 6) is 1.26. The highest BCUT2D eigenvalue weighted by Gasteiger charge is 2.37. The van der Waals surface area contributed by atoms with E-state index in [1.807, 2.05) is 0 Å². The number of methoxy groups -OCH3 is 3. The van der Waals surface area contributed by atoms with Crippen molar-refractivity contribution in [2.24, 2.45) is 0 Å². The number of rotatable bonds is 5. The van der Waals surface area contributed by atoms with E-state index >= 15 is 0 Å². The standard InChI is InChI=1S/C16H19NO5S/c1-9(2)17-15(18)14(23-16(17)19)8-11-12(21-4)6-10(20-3)7-13(11)22-5/h6-9H,1-5H3/b14-8+. The molecular weight excluding hydrogens is 318 g/mol. The van der Waals surface area contributed by atoms with Crippen LogP contribution < -0.4 is 14.2 Å². The van der Waals surface area contributed by atoms with Crippen LogP contribution in [0.5, 0.6) is 17.2 Å². The molecule has 124 valence electrons. The highest BCUT2D eigenvalue weighted by molar-refractivity contribution is 8.18. The van der Waals surface area contributed by atoms with Crippen LogP contribution in [0.3, 0.4) is 0 Å². The summed E-state index contributed by atoms with van der Waals surface area (Å²) in [5, 5.41) is -0.275. The van der Waals surface area contributed by atoms with Gasteiger partial charge in [-0.1, -0.05) is 0 Å². The predicted molar refractivity (Wildman–Crippen MR) is 89.0 cm³/mol. The van der Waals surface area contributed by atoms with E-state index in [2.05, 4.69) is 0 Å². The maximum atomic E-state index is 12.4. The highest BCUT2D eigenvalue weighted by atomic mass is 32.2. The fraction of sp³-hybridized carbons (Fsp3) is 0.375. The number of amides is 2. The van der Waals surface area contributed by atoms with E-state index in [0.717, 1.165) is 11.8 Å². The van der Waals surface area contributed by atoms with Crippen LogP contribution in [0.25, 0.3) is 6.08 Å². The zero-order valence-electron chi connectivity index (χ0n) is 13.7. The number of ether oxygens (including phenoxy) is 3. The van der Waals surface area contributed by atoms with Gasteiger partial charge < -0.3 is 14.2 Å². The minimum absolute atomic E-state index is 0.187. The first-order valence-electron chi connectivity index (χ1n) is 7.00. The second kappa shape index (κ2) is 6.95. The molecule has 2 amide bonds. The van der Waals surface area contributed by atoms with Crippen LogP contribution in [0, 0.1) is 0 Å². The molecule has 1 aromatic rings. The van der Waals surface area contributed by atoms with Crippen molar-refractivity contribution in [2.45, 2.75) is 19.9 Å². The first kappa shape index (κ1) is 17.2. The SMILES string of the molecule is COc1cc(OC)c(/C=C2/SC(=O)N(C(C)C)C2=O)c(OC)c1. The predicted octanol–water partition coefficient (Wildman–Crippen LogP) is 3.16. The Morgan fingerprint density at radius 3 is 2.00 bits per heavy atom. The van der Waals surface area contributed by atoms with Crippen LogP contribution in [0.4, 0.5) is 4.79 Å². The number of nitrogens with zero attached hydrogens (tertiary/aromatic N) is 1. The van der Waals surface area contributed by atoms with Gasteiger partial charge in [0.05, 0.1) is 31.8 Å². The molecule has 0 radical (unpaired) electrons. The Hall–Kier alpha value is -2.15. The van der Waals surface area contributed by atoms with Gasteiger partial charge in [-0.3, -0.25) is 14.5 Å². The van der Waals surface area contributed by atoms with Crippen molar-refractivity contribution < 1.29 is 23.8 Å². The Morgan fingerprint density at radius 1 is 1.04 bits per heavy atom. The molecule has 0 atom stereocenters. The molecule has 7 heteroatoms. The number of thioether (sulfide) groups is 1. The summed E-state index contributed by atoms with van der Waals surface area (Å²) in [7, 11) is 4.58. The molecule has 23 heavy (non-hydrogen) atoms. The summed E-state index contributed by atoms with van der Waals surface area (Å²) in [5.41, 5.74) is 0.588. The summed E-state index contributed by atoms with van der Waals surface area (Å²) >= 11 is 0.909. The van der Waals surface area contributed by atoms with E-state index in [4.69, 9.17) is 14.2 Å². The van der Waals surface area contributed by atoms with Crippen molar-refractivity contribution in [3.05, 3.63) is 22.6 Å². The van der Waals surface area contributed by atoms with Gasteiger partial charge in [-0.25, -0.2) is 0 Å². The Bertz CT molecular complexity index is 643. The molecule has 1 aliphatic rings. The molecule has 1 heterocycles. The molecule has 0 aromatic heterocycles. The van der Waals surface area contributed by atoms with Crippen LogP contribution >= 0.6 is 11.8 Å². The second-order valence-corrected chi connectivity index (χ2v) is 6.08. The van der Waals surface area contributed by atoms with Crippen molar-refractivity contribution in [3.63, 3.8) is 0 Å². The lowest BCUT2D eigenvalue weighted by Crippen LogP contribution is -2.34. The fourth-order valence-electron chi connectivity index (χ4n) is 2.23. The van der Waals surface area contributed by atoms with E-state index < -0.39 is 0 Å². The molecule has 6 nitrogen and oxygen atoms in total. The number of hydrogen-bond donors (Lipinski definition) is 0. The van der Waals surface area contributed by atoms with Crippen LogP contribution in [-0.2, 0) is 4.79 Å². The van der Waals surface area contributed by atoms with Gasteiger partial charge in [-0.2, -0.15) is 0 Å². The smallest absolute Gasteiger partial charge is 0.293 e. The Balaban J connectivity index is 2.51. The van der Waals surface area contributed by atoms with Gasteiger partial charge in [0.2, 0.25) is 0 Å². The minimum atomic E-state index is -0.310. The van der Waals surface area contributed by atoms with Crippen molar-refractivity contribution >= 4 is 29.0 Å². The maximum absolute atomic E-state index is 12.4. The van der Waals surface area contributed by atoms with Gasteiger partial charge in [0.1, 0.15) is 17.2 Å². The number of hydrogen-bond acceptors (Lipinski definition) is 6. The molecule has 1 aromatic carbocycles. The zero-order chi connectivity index (χ0) is 17.1. The van der Waals surface area contributed by atoms with E-state index in [0.29, 0.717) is 27.7 Å². The van der Waals surface area contributed by atoms with Crippen LogP contribution in [0.2, 0.25) is 0 Å². The molecule has 1 aliphatic heterocycles. The van der Waals surface area contributed by atoms with Crippen molar-refractivity contribution in [1.29, 1.82) is 0 Å². The number of benzene rings is 1. The lowest BCUT2D eigenvalue weighted by molar-refractivity contribution is -0.123. The van der Waals surface area contributed by atoms with Crippen molar-refractivity contribution in [1.82, 2.24) is 4.90 Å². The third-order valence-corrected chi connectivity index (χ3v) is 4.25. The maximum Gasteiger partial charge on any atom is 0.293 e. The molecule has 0 spiro atoms. The Kier molecular flexibility index (Phi) is 5.20. The van der Waals surface area contributed by atoms with Crippen LogP contribution in [-0.4, -0.2) is 43.4 Å². The Labute approximate surface area is 139 Å². The molecule has 2 rings (SSSR count). The number of carbonyl (C=O) groups is 2. The van der Waals surface area contributed by atoms with Gasteiger partial charge >= 0.3 is 0 Å². The first-order valence-corrected chi connectivity index (χ1v) is 7.81. The number of carbonyl (C=O) groups excluding carboxylic acids is 2. The molecule has 0 N–H and O–H groups in total. The summed E-state index contributed by atoms with van der Waals surface area (Å²) in [6.45, 7) is 3.60. The Morgan fingerprint density at radius 2 is 1.61 bits per heavy atom. The van der Waals surface area contributed by atoms with E-state index in [-0.39, 0.29) is 17.2 Å². The molecular formula is C16H19NO5S. The summed E-state index contributed by atoms with van der Waals surface area (Å²) in [6, 6.07) is 3.20. The van der Waals surface area contributed by atoms with Gasteiger partial charge in [0, 0.05) is 18.2 Å². The lowest BCUT2D eigenvalue weighted by Gasteiger charge is -2.16. The number of imide groups is 1.